The molecule has 0 N–H and O–H groups in total. The molecule has 0 amide bonds. The van der Waals surface area contributed by atoms with E-state index >= 15 is 0 Å². The Morgan fingerprint density at radius 1 is 0.400 bits per heavy atom. The van der Waals surface area contributed by atoms with Gasteiger partial charge in [0, 0.05) is 45.6 Å². The maximum absolute atomic E-state index is 14.5. The van der Waals surface area contributed by atoms with Crippen LogP contribution >= 0.6 is 32.0 Å². The van der Waals surface area contributed by atoms with Crippen molar-refractivity contribution in [3.8, 4) is 73.8 Å². The van der Waals surface area contributed by atoms with Gasteiger partial charge in [-0.05, 0) is 133 Å². The number of halogens is 8. The van der Waals surface area contributed by atoms with Crippen LogP contribution in [0.2, 0.25) is 0 Å². The summed E-state index contributed by atoms with van der Waals surface area (Å²) in [5.41, 5.74) is -0.323. The van der Waals surface area contributed by atoms with Crippen molar-refractivity contribution in [2.75, 3.05) is 35.5 Å². The van der Waals surface area contributed by atoms with Crippen molar-refractivity contribution < 1.29 is 87.4 Å². The Balaban J connectivity index is 0.000000187. The third-order valence-corrected chi connectivity index (χ3v) is 14.7. The molecule has 2 fully saturated rings. The molecule has 8 aromatic rings. The Kier molecular flexibility index (Phi) is 23.4. The molecule has 0 unspecified atom stereocenters. The van der Waals surface area contributed by atoms with Crippen LogP contribution in [-0.2, 0) is 37.4 Å². The molecule has 0 radical (unpaired) electrons. The van der Waals surface area contributed by atoms with Crippen LogP contribution in [0.4, 0.5) is 26.3 Å². The number of ether oxygens (including phenoxy) is 5. The summed E-state index contributed by atoms with van der Waals surface area (Å²) in [5, 5.41) is 0. The van der Waals surface area contributed by atoms with Gasteiger partial charge in [0.1, 0.15) is 55.7 Å². The molecule has 7 heterocycles. The van der Waals surface area contributed by atoms with Crippen molar-refractivity contribution in [1.29, 1.82) is 0 Å². The summed E-state index contributed by atoms with van der Waals surface area (Å²) in [7, 11) is 10.4. The predicted octanol–water partition coefficient (Wildman–Crippen LogP) is 13.0. The van der Waals surface area contributed by atoms with Crippen LogP contribution in [0.5, 0.6) is 28.7 Å². The summed E-state index contributed by atoms with van der Waals surface area (Å²) >= 11 is 3.76. The van der Waals surface area contributed by atoms with E-state index < -0.39 is 71.5 Å². The van der Waals surface area contributed by atoms with Gasteiger partial charge in [-0.15, -0.1) is 6.07 Å². The molecule has 2 aliphatic heterocycles. The van der Waals surface area contributed by atoms with E-state index in [1.807, 2.05) is 67.5 Å². The minimum atomic E-state index is -0.929. The quantitative estimate of drug-likeness (QED) is 0.0398. The van der Waals surface area contributed by atoms with Gasteiger partial charge in [-0.25, -0.2) is 22.5 Å². The summed E-state index contributed by atoms with van der Waals surface area (Å²) < 4.78 is 135. The Morgan fingerprint density at radius 3 is 0.965 bits per heavy atom. The molecule has 450 valence electrons. The van der Waals surface area contributed by atoms with Crippen molar-refractivity contribution in [3.63, 3.8) is 0 Å². The van der Waals surface area contributed by atoms with Crippen LogP contribution in [0.25, 0.3) is 45.0 Å². The average molecular weight is 1490 g/mol. The van der Waals surface area contributed by atoms with Crippen LogP contribution in [0.15, 0.2) is 122 Å². The minimum absolute atomic E-state index is 0.0617. The molecule has 0 aliphatic carbocycles. The van der Waals surface area contributed by atoms with Gasteiger partial charge in [0.2, 0.25) is 0 Å². The molecule has 5 aromatic heterocycles. The van der Waals surface area contributed by atoms with Crippen LogP contribution < -0.4 is 34.6 Å². The first-order valence-corrected chi connectivity index (χ1v) is 29.5. The van der Waals surface area contributed by atoms with E-state index in [0.717, 1.165) is 27.6 Å². The van der Waals surface area contributed by atoms with Crippen molar-refractivity contribution in [3.05, 3.63) is 167 Å². The van der Waals surface area contributed by atoms with E-state index in [-0.39, 0.29) is 33.2 Å². The van der Waals surface area contributed by atoms with E-state index in [9.17, 15) is 26.3 Å². The van der Waals surface area contributed by atoms with E-state index in [4.69, 9.17) is 42.3 Å². The first kappa shape index (κ1) is 67.8. The molecule has 0 bridgehead atoms. The van der Waals surface area contributed by atoms with E-state index in [1.54, 1.807) is 80.6 Å². The first-order chi connectivity index (χ1) is 40.2. The van der Waals surface area contributed by atoms with Crippen LogP contribution in [0, 0.1) is 44.7 Å². The Labute approximate surface area is 519 Å². The fourth-order valence-electron chi connectivity index (χ4n) is 7.80. The number of pyridine rings is 5. The van der Waals surface area contributed by atoms with Crippen molar-refractivity contribution in [2.24, 2.45) is 0 Å². The molecule has 85 heavy (non-hydrogen) atoms. The molecule has 2 saturated heterocycles. The summed E-state index contributed by atoms with van der Waals surface area (Å²) in [6.07, 6.45) is 7.56. The zero-order valence-electron chi connectivity index (χ0n) is 48.5. The molecule has 2 aliphatic rings. The van der Waals surface area contributed by atoms with E-state index in [1.165, 1.54) is 65.4 Å². The fourth-order valence-corrected chi connectivity index (χ4v) is 8.12. The summed E-state index contributed by atoms with van der Waals surface area (Å²) in [6, 6.07) is 24.8. The fraction of sp³-hybridized carbons (Fsp3) is 0.283. The third-order valence-electron chi connectivity index (χ3n) is 14.1. The van der Waals surface area contributed by atoms with Gasteiger partial charge in [-0.2, -0.15) is 0 Å². The van der Waals surface area contributed by atoms with Crippen LogP contribution in [-0.4, -0.2) is 97.1 Å². The first-order valence-electron chi connectivity index (χ1n) is 25.6. The molecule has 0 atom stereocenters. The topological polar surface area (TPSA) is 148 Å². The normalized spacial score (nSPS) is 14.9. The van der Waals surface area contributed by atoms with Gasteiger partial charge >= 0.3 is 42.4 Å². The number of hydrogen-bond acceptors (Lipinski definition) is 14. The number of rotatable bonds is 11. The van der Waals surface area contributed by atoms with Crippen LogP contribution in [0.3, 0.4) is 0 Å². The van der Waals surface area contributed by atoms with Crippen molar-refractivity contribution >= 4 is 57.2 Å². The SMILES string of the molecule is CC1(C)OB(c2cc(B3OC(C)(C)C(C)(C)O3)c(F)cc2F)OC1(C)C.COc1ccc(-c2[c-]c(-c3ccc(OC)cn3)c(F)cc2F)nc1.COc1ccc(-c2cc(-c3ccc(OC)cn3)c(F)cc2F)nc1.COc1ccc(I)nc1.[Cl][Pt+]. The summed E-state index contributed by atoms with van der Waals surface area (Å²) in [6.45, 7) is 15.0. The molecule has 3 aromatic carbocycles. The maximum atomic E-state index is 14.5. The average Bonchev–Trinajstić information content (AvgIpc) is 2.73. The van der Waals surface area contributed by atoms with Crippen molar-refractivity contribution in [2.45, 2.75) is 77.8 Å². The Morgan fingerprint density at radius 2 is 0.682 bits per heavy atom. The molecule has 25 heteroatoms. The molecular formula is C60H59B2ClF6IN5O9Pt. The second kappa shape index (κ2) is 29.4. The zero-order valence-corrected chi connectivity index (χ0v) is 53.6. The van der Waals surface area contributed by atoms with Gasteiger partial charge in [-0.3, -0.25) is 28.7 Å². The van der Waals surface area contributed by atoms with Gasteiger partial charge in [0.05, 0.1) is 112 Å². The van der Waals surface area contributed by atoms with Gasteiger partial charge in [-0.1, -0.05) is 35.4 Å². The predicted molar refractivity (Wildman–Crippen MR) is 318 cm³/mol. The third kappa shape index (κ3) is 16.6. The molecule has 14 nitrogen and oxygen atoms in total. The number of methoxy groups -OCH3 is 5. The van der Waals surface area contributed by atoms with Crippen molar-refractivity contribution in [1.82, 2.24) is 24.9 Å². The summed E-state index contributed by atoms with van der Waals surface area (Å²) in [5.74, 6) is -1.33. The number of benzene rings is 3. The van der Waals surface area contributed by atoms with E-state index in [2.05, 4.69) is 63.0 Å². The zero-order chi connectivity index (χ0) is 62.6. The second-order valence-corrected chi connectivity index (χ2v) is 21.6. The van der Waals surface area contributed by atoms with Gasteiger partial charge < -0.3 is 42.3 Å². The standard InChI is InChI=1S/C18H26B2F2O4.C18H14F2N2O2.C18H13F2N2O2.C6H6INO.ClH.Pt/c1-15(2)16(3,4)24-19(23-15)11-9-12(14(22)10-13(11)21)20-25-17(5,6)18(7,8)26-20;2*1-23-11-3-5-17(21-9-11)13-7-14(16(20)8-15(13)19)18-6-4-12(24-2)10-22-18;1-9-5-2-3-6(7)8-4-5;;/h9-10H,1-8H3;3-10H,1-2H3;3-6,8-10H,1-2H3;2-4H,1H3;1H;/q;;-1;;;+2/p-1. The van der Waals surface area contributed by atoms with E-state index in [0.29, 0.717) is 45.8 Å². The Hall–Kier alpha value is -6.33. The summed E-state index contributed by atoms with van der Waals surface area (Å²) in [4.78, 5) is 20.5. The van der Waals surface area contributed by atoms with Crippen LogP contribution in [0.1, 0.15) is 55.4 Å². The Bertz CT molecular complexity index is 3150. The molecule has 10 rings (SSSR count). The molecule has 0 saturated carbocycles. The monoisotopic (exact) mass is 1490 g/mol. The number of aromatic nitrogens is 5. The number of nitrogens with zero attached hydrogens (tertiary/aromatic N) is 5. The van der Waals surface area contributed by atoms with Gasteiger partial charge in [0.25, 0.3) is 0 Å². The molecule has 0 spiro atoms. The van der Waals surface area contributed by atoms with Gasteiger partial charge in [0.15, 0.2) is 0 Å². The number of hydrogen-bond donors (Lipinski definition) is 0. The molecular weight excluding hydrogens is 1430 g/mol. The second-order valence-electron chi connectivity index (χ2n) is 20.5.